The molecule has 4 heteroatoms. The second-order valence-electron chi connectivity index (χ2n) is 2.72. The molecule has 0 amide bonds. The van der Waals surface area contributed by atoms with E-state index in [2.05, 4.69) is 22.0 Å². The molecular formula is C9H11BrN2O. The van der Waals surface area contributed by atoms with Gasteiger partial charge in [-0.1, -0.05) is 0 Å². The Hall–Kier alpha value is -0.790. The molecule has 0 aromatic carbocycles. The third kappa shape index (κ3) is 2.11. The fourth-order valence-electron chi connectivity index (χ4n) is 1.18. The second-order valence-corrected chi connectivity index (χ2v) is 3.57. The average Bonchev–Trinajstić information content (AvgIpc) is 2.40. The summed E-state index contributed by atoms with van der Waals surface area (Å²) in [5.41, 5.74) is 1.73. The van der Waals surface area contributed by atoms with Gasteiger partial charge in [0.05, 0.1) is 6.61 Å². The maximum atomic E-state index is 8.82. The summed E-state index contributed by atoms with van der Waals surface area (Å²) in [7, 11) is 1.65. The summed E-state index contributed by atoms with van der Waals surface area (Å²) in [4.78, 5) is 0. The van der Waals surface area contributed by atoms with Gasteiger partial charge in [-0.15, -0.1) is 0 Å². The van der Waals surface area contributed by atoms with Crippen LogP contribution >= 0.6 is 15.9 Å². The third-order valence-electron chi connectivity index (χ3n) is 1.94. The lowest BCUT2D eigenvalue weighted by atomic mass is 10.4. The number of aromatic nitrogens is 1. The minimum Gasteiger partial charge on any atom is -0.383 e. The molecule has 1 rings (SSSR count). The molecule has 0 atom stereocenters. The molecular weight excluding hydrogens is 232 g/mol. The Bertz CT molecular complexity index is 338. The Morgan fingerprint density at radius 2 is 2.38 bits per heavy atom. The molecule has 3 nitrogen and oxygen atoms in total. The van der Waals surface area contributed by atoms with Gasteiger partial charge < -0.3 is 9.30 Å². The molecule has 0 bridgehead atoms. The van der Waals surface area contributed by atoms with Crippen LogP contribution < -0.4 is 0 Å². The molecule has 13 heavy (non-hydrogen) atoms. The summed E-state index contributed by atoms with van der Waals surface area (Å²) in [5.74, 6) is 0. The molecule has 0 saturated heterocycles. The van der Waals surface area contributed by atoms with Gasteiger partial charge in [-0.3, -0.25) is 0 Å². The zero-order valence-corrected chi connectivity index (χ0v) is 9.26. The van der Waals surface area contributed by atoms with E-state index in [0.29, 0.717) is 12.3 Å². The van der Waals surface area contributed by atoms with Crippen molar-refractivity contribution in [2.45, 2.75) is 13.5 Å². The van der Waals surface area contributed by atoms with Gasteiger partial charge in [0.2, 0.25) is 0 Å². The number of halogens is 1. The molecule has 0 radical (unpaired) electrons. The molecule has 0 unspecified atom stereocenters. The highest BCUT2D eigenvalue weighted by Gasteiger charge is 2.08. The molecule has 0 aliphatic rings. The minimum atomic E-state index is 0.622. The number of nitrogens with zero attached hydrogens (tertiary/aromatic N) is 2. The van der Waals surface area contributed by atoms with Crippen LogP contribution in [0.3, 0.4) is 0 Å². The Kier molecular flexibility index (Phi) is 3.52. The predicted molar refractivity (Wildman–Crippen MR) is 53.5 cm³/mol. The molecule has 1 aromatic heterocycles. The molecule has 0 spiro atoms. The number of methoxy groups -OCH3 is 1. The molecule has 1 aromatic rings. The minimum absolute atomic E-state index is 0.622. The first kappa shape index (κ1) is 10.3. The van der Waals surface area contributed by atoms with Gasteiger partial charge >= 0.3 is 0 Å². The van der Waals surface area contributed by atoms with Crippen molar-refractivity contribution >= 4 is 15.9 Å². The van der Waals surface area contributed by atoms with Crippen LogP contribution in [0, 0.1) is 18.3 Å². The van der Waals surface area contributed by atoms with Crippen LogP contribution in [0.25, 0.3) is 0 Å². The first-order valence-electron chi connectivity index (χ1n) is 3.95. The number of nitriles is 1. The Morgan fingerprint density at radius 3 is 2.92 bits per heavy atom. The van der Waals surface area contributed by atoms with Gasteiger partial charge in [0, 0.05) is 23.8 Å². The first-order valence-corrected chi connectivity index (χ1v) is 4.74. The van der Waals surface area contributed by atoms with E-state index in [1.807, 2.05) is 17.6 Å². The second kappa shape index (κ2) is 4.45. The van der Waals surface area contributed by atoms with Crippen LogP contribution in [0.15, 0.2) is 10.5 Å². The molecule has 0 fully saturated rings. The lowest BCUT2D eigenvalue weighted by Gasteiger charge is -2.06. The number of hydrogen-bond acceptors (Lipinski definition) is 2. The maximum Gasteiger partial charge on any atom is 0.121 e. The van der Waals surface area contributed by atoms with E-state index in [9.17, 15) is 0 Å². The van der Waals surface area contributed by atoms with Crippen molar-refractivity contribution in [3.8, 4) is 6.07 Å². The zero-order chi connectivity index (χ0) is 9.84. The van der Waals surface area contributed by atoms with Crippen LogP contribution in [-0.4, -0.2) is 18.3 Å². The zero-order valence-electron chi connectivity index (χ0n) is 7.67. The normalized spacial score (nSPS) is 10.0. The van der Waals surface area contributed by atoms with Crippen molar-refractivity contribution in [1.82, 2.24) is 4.57 Å². The van der Waals surface area contributed by atoms with Gasteiger partial charge in [0.1, 0.15) is 11.8 Å². The molecule has 0 aliphatic carbocycles. The van der Waals surface area contributed by atoms with E-state index < -0.39 is 0 Å². The topological polar surface area (TPSA) is 38.0 Å². The van der Waals surface area contributed by atoms with Crippen LogP contribution in [0.1, 0.15) is 11.4 Å². The van der Waals surface area contributed by atoms with E-state index in [1.54, 1.807) is 7.11 Å². The lowest BCUT2D eigenvalue weighted by Crippen LogP contribution is -2.07. The van der Waals surface area contributed by atoms with E-state index in [1.165, 1.54) is 0 Å². The smallest absolute Gasteiger partial charge is 0.121 e. The molecule has 0 aliphatic heterocycles. The van der Waals surface area contributed by atoms with E-state index in [-0.39, 0.29) is 0 Å². The first-order chi connectivity index (χ1) is 6.20. The van der Waals surface area contributed by atoms with E-state index in [0.717, 1.165) is 16.7 Å². The predicted octanol–water partition coefficient (Wildman–Crippen LogP) is 2.08. The Morgan fingerprint density at radius 1 is 1.69 bits per heavy atom. The van der Waals surface area contributed by atoms with Crippen molar-refractivity contribution in [3.05, 3.63) is 21.9 Å². The fourth-order valence-corrected chi connectivity index (χ4v) is 1.61. The van der Waals surface area contributed by atoms with Crippen molar-refractivity contribution in [2.24, 2.45) is 0 Å². The van der Waals surface area contributed by atoms with Crippen LogP contribution in [-0.2, 0) is 11.3 Å². The maximum absolute atomic E-state index is 8.82. The monoisotopic (exact) mass is 242 g/mol. The van der Waals surface area contributed by atoms with E-state index in [4.69, 9.17) is 10.00 Å². The van der Waals surface area contributed by atoms with Crippen molar-refractivity contribution in [3.63, 3.8) is 0 Å². The molecule has 1 heterocycles. The summed E-state index contributed by atoms with van der Waals surface area (Å²) < 4.78 is 7.87. The van der Waals surface area contributed by atoms with Gasteiger partial charge in [0.15, 0.2) is 0 Å². The summed E-state index contributed by atoms with van der Waals surface area (Å²) in [6.45, 7) is 3.31. The largest absolute Gasteiger partial charge is 0.383 e. The van der Waals surface area contributed by atoms with Gasteiger partial charge in [-0.2, -0.15) is 5.26 Å². The summed E-state index contributed by atoms with van der Waals surface area (Å²) in [5, 5.41) is 8.82. The standard InChI is InChI=1S/C9H11BrN2O/c1-7-9(10)5-8(6-11)12(7)3-4-13-2/h5H,3-4H2,1-2H3. The molecule has 70 valence electrons. The van der Waals surface area contributed by atoms with Gasteiger partial charge in [-0.25, -0.2) is 0 Å². The number of hydrogen-bond donors (Lipinski definition) is 0. The lowest BCUT2D eigenvalue weighted by molar-refractivity contribution is 0.186. The highest BCUT2D eigenvalue weighted by atomic mass is 79.9. The van der Waals surface area contributed by atoms with Crippen molar-refractivity contribution < 1.29 is 4.74 Å². The highest BCUT2D eigenvalue weighted by molar-refractivity contribution is 9.10. The summed E-state index contributed by atoms with van der Waals surface area (Å²) in [6, 6.07) is 3.97. The molecule has 0 N–H and O–H groups in total. The highest BCUT2D eigenvalue weighted by Crippen LogP contribution is 2.20. The van der Waals surface area contributed by atoms with Crippen molar-refractivity contribution in [2.75, 3.05) is 13.7 Å². The Balaban J connectivity index is 2.96. The Labute approximate surface area is 86.0 Å². The number of ether oxygens (including phenoxy) is 1. The SMILES string of the molecule is COCCn1c(C#N)cc(Br)c1C. The quantitative estimate of drug-likeness (QED) is 0.815. The average molecular weight is 243 g/mol. The van der Waals surface area contributed by atoms with Gasteiger partial charge in [0.25, 0.3) is 0 Å². The van der Waals surface area contributed by atoms with Crippen LogP contribution in [0.5, 0.6) is 0 Å². The van der Waals surface area contributed by atoms with E-state index >= 15 is 0 Å². The van der Waals surface area contributed by atoms with Gasteiger partial charge in [-0.05, 0) is 28.9 Å². The fraction of sp³-hybridized carbons (Fsp3) is 0.444. The number of rotatable bonds is 3. The molecule has 0 saturated carbocycles. The third-order valence-corrected chi connectivity index (χ3v) is 2.74. The van der Waals surface area contributed by atoms with Crippen molar-refractivity contribution in [1.29, 1.82) is 5.26 Å². The summed E-state index contributed by atoms with van der Waals surface area (Å²) in [6.07, 6.45) is 0. The summed E-state index contributed by atoms with van der Waals surface area (Å²) >= 11 is 3.39. The van der Waals surface area contributed by atoms with Crippen LogP contribution in [0.4, 0.5) is 0 Å². The van der Waals surface area contributed by atoms with Crippen LogP contribution in [0.2, 0.25) is 0 Å².